The number of ether oxygens (including phenoxy) is 9. The van der Waals surface area contributed by atoms with Crippen molar-refractivity contribution in [1.82, 2.24) is 10.6 Å². The summed E-state index contributed by atoms with van der Waals surface area (Å²) in [6.45, 7) is 16.8. The largest absolute Gasteiger partial charge is 0.456 e. The van der Waals surface area contributed by atoms with Gasteiger partial charge in [-0.15, -0.1) is 0 Å². The van der Waals surface area contributed by atoms with Crippen LogP contribution in [0.5, 0.6) is 0 Å². The minimum absolute atomic E-state index is 0.126. The Morgan fingerprint density at radius 2 is 0.983 bits per heavy atom. The second-order valence-electron chi connectivity index (χ2n) is 14.7. The molecular formula is C41H64N4O13. The smallest absolute Gasteiger partial charge is 0.408 e. The number of hydrogen-bond acceptors (Lipinski definition) is 13. The SMILES string of the molecule is COCCOCCOCCOCCOCCOCCOCCNC(=O)Nc1ccc(C[C@H](NC(=O)OC(C)(C)C)C(=O)Nc2ccc(C(=O)OC(C)(C)C)cc2)cc1. The van der Waals surface area contributed by atoms with Gasteiger partial charge in [-0.05, 0) is 83.5 Å². The van der Waals surface area contributed by atoms with Crippen molar-refractivity contribution in [2.75, 3.05) is 110 Å². The first-order chi connectivity index (χ1) is 27.6. The van der Waals surface area contributed by atoms with E-state index in [9.17, 15) is 19.2 Å². The Bertz CT molecular complexity index is 1460. The molecule has 17 nitrogen and oxygen atoms in total. The molecule has 0 aliphatic heterocycles. The molecular weight excluding hydrogens is 756 g/mol. The summed E-state index contributed by atoms with van der Waals surface area (Å²) in [6, 6.07) is 11.7. The third-order valence-electron chi connectivity index (χ3n) is 7.27. The van der Waals surface area contributed by atoms with Gasteiger partial charge in [0.2, 0.25) is 5.91 Å². The van der Waals surface area contributed by atoms with Crippen molar-refractivity contribution in [3.05, 3.63) is 59.7 Å². The second-order valence-corrected chi connectivity index (χ2v) is 14.7. The standard InChI is InChI=1S/C41H64N4O13/c1-40(2,3)57-37(47)32-10-14-33(15-11-32)43-36(46)35(45-39(49)58-41(4,5)6)30-31-8-12-34(13-9-31)44-38(48)42-16-17-51-20-21-53-24-25-55-28-29-56-27-26-54-23-22-52-19-18-50-7/h8-15,35H,16-30H2,1-7H3,(H,43,46)(H,45,49)(H2,42,44,48)/t35-/m0/s1. The van der Waals surface area contributed by atoms with Gasteiger partial charge in [0.15, 0.2) is 0 Å². The monoisotopic (exact) mass is 820 g/mol. The van der Waals surface area contributed by atoms with Crippen molar-refractivity contribution >= 4 is 35.4 Å². The number of urea groups is 1. The van der Waals surface area contributed by atoms with Crippen molar-refractivity contribution < 1.29 is 61.8 Å². The molecule has 0 aliphatic rings. The minimum Gasteiger partial charge on any atom is -0.456 e. The fraction of sp³-hybridized carbons (Fsp3) is 0.610. The molecule has 0 heterocycles. The number of anilines is 2. The van der Waals surface area contributed by atoms with Gasteiger partial charge in [0.1, 0.15) is 17.2 Å². The average Bonchev–Trinajstić information content (AvgIpc) is 3.14. The average molecular weight is 821 g/mol. The first-order valence-corrected chi connectivity index (χ1v) is 19.4. The van der Waals surface area contributed by atoms with Gasteiger partial charge in [-0.3, -0.25) is 4.79 Å². The Morgan fingerprint density at radius 1 is 0.552 bits per heavy atom. The van der Waals surface area contributed by atoms with E-state index in [1.807, 2.05) is 0 Å². The Morgan fingerprint density at radius 3 is 1.45 bits per heavy atom. The summed E-state index contributed by atoms with van der Waals surface area (Å²) >= 11 is 0. The topological polar surface area (TPSA) is 199 Å². The maximum Gasteiger partial charge on any atom is 0.408 e. The predicted molar refractivity (Wildman–Crippen MR) is 217 cm³/mol. The maximum atomic E-state index is 13.4. The van der Waals surface area contributed by atoms with Crippen LogP contribution in [-0.2, 0) is 53.8 Å². The van der Waals surface area contributed by atoms with E-state index in [-0.39, 0.29) is 13.0 Å². The lowest BCUT2D eigenvalue weighted by Crippen LogP contribution is -2.47. The lowest BCUT2D eigenvalue weighted by atomic mass is 10.0. The molecule has 0 spiro atoms. The molecule has 1 atom stereocenters. The number of esters is 1. The minimum atomic E-state index is -1.01. The van der Waals surface area contributed by atoms with E-state index in [0.717, 1.165) is 0 Å². The first-order valence-electron chi connectivity index (χ1n) is 19.4. The van der Waals surface area contributed by atoms with Crippen LogP contribution in [-0.4, -0.2) is 141 Å². The zero-order valence-corrected chi connectivity index (χ0v) is 35.1. The maximum absolute atomic E-state index is 13.4. The summed E-state index contributed by atoms with van der Waals surface area (Å²) in [5, 5.41) is 10.9. The van der Waals surface area contributed by atoms with Gasteiger partial charge in [-0.2, -0.15) is 0 Å². The molecule has 0 unspecified atom stereocenters. The summed E-state index contributed by atoms with van der Waals surface area (Å²) < 4.78 is 48.3. The fourth-order valence-electron chi connectivity index (χ4n) is 4.63. The number of hydrogen-bond donors (Lipinski definition) is 4. The third kappa shape index (κ3) is 25.1. The lowest BCUT2D eigenvalue weighted by molar-refractivity contribution is -0.118. The molecule has 0 radical (unpaired) electrons. The van der Waals surface area contributed by atoms with E-state index < -0.39 is 41.2 Å². The number of methoxy groups -OCH3 is 1. The van der Waals surface area contributed by atoms with Crippen LogP contribution in [0.25, 0.3) is 0 Å². The normalized spacial score (nSPS) is 12.1. The van der Waals surface area contributed by atoms with Gasteiger partial charge in [0, 0.05) is 31.5 Å². The summed E-state index contributed by atoms with van der Waals surface area (Å²) in [7, 11) is 1.63. The van der Waals surface area contributed by atoms with Gasteiger partial charge >= 0.3 is 18.1 Å². The van der Waals surface area contributed by atoms with Crippen LogP contribution >= 0.6 is 0 Å². The van der Waals surface area contributed by atoms with E-state index in [4.69, 9.17) is 42.6 Å². The number of alkyl carbamates (subject to hydrolysis) is 1. The zero-order chi connectivity index (χ0) is 42.7. The van der Waals surface area contributed by atoms with Crippen LogP contribution in [0.1, 0.15) is 57.5 Å². The van der Waals surface area contributed by atoms with E-state index in [1.165, 1.54) is 0 Å². The third-order valence-corrected chi connectivity index (χ3v) is 7.27. The highest BCUT2D eigenvalue weighted by molar-refractivity contribution is 5.97. The number of amides is 4. The molecule has 2 rings (SSSR count). The Balaban J connectivity index is 1.65. The summed E-state index contributed by atoms with van der Waals surface area (Å²) in [6.07, 6.45) is -0.627. The quantitative estimate of drug-likeness (QED) is 0.0688. The van der Waals surface area contributed by atoms with Crippen LogP contribution in [0.2, 0.25) is 0 Å². The van der Waals surface area contributed by atoms with Crippen molar-refractivity contribution in [1.29, 1.82) is 0 Å². The highest BCUT2D eigenvalue weighted by atomic mass is 16.6. The molecule has 0 aliphatic carbocycles. The van der Waals surface area contributed by atoms with Crippen LogP contribution in [0, 0.1) is 0 Å². The molecule has 0 aromatic heterocycles. The molecule has 17 heteroatoms. The molecule has 0 fully saturated rings. The van der Waals surface area contributed by atoms with Crippen molar-refractivity contribution in [3.8, 4) is 0 Å². The first kappa shape index (κ1) is 49.8. The van der Waals surface area contributed by atoms with Crippen LogP contribution in [0.3, 0.4) is 0 Å². The van der Waals surface area contributed by atoms with Gasteiger partial charge in [-0.1, -0.05) is 12.1 Å². The number of carbonyl (C=O) groups excluding carboxylic acids is 4. The number of carbonyl (C=O) groups is 4. The highest BCUT2D eigenvalue weighted by Gasteiger charge is 2.25. The van der Waals surface area contributed by atoms with E-state index in [2.05, 4.69) is 21.3 Å². The van der Waals surface area contributed by atoms with Crippen molar-refractivity contribution in [2.45, 2.75) is 65.2 Å². The fourth-order valence-corrected chi connectivity index (χ4v) is 4.63. The molecule has 0 saturated carbocycles. The number of nitrogens with one attached hydrogen (secondary N) is 4. The number of rotatable bonds is 28. The Hall–Kier alpha value is -4.36. The summed E-state index contributed by atoms with van der Waals surface area (Å²) in [5.41, 5.74) is 0.577. The summed E-state index contributed by atoms with van der Waals surface area (Å²) in [4.78, 5) is 50.8. The second kappa shape index (κ2) is 28.1. The molecule has 58 heavy (non-hydrogen) atoms. The lowest BCUT2D eigenvalue weighted by Gasteiger charge is -2.23. The molecule has 0 bridgehead atoms. The molecule has 4 amide bonds. The van der Waals surface area contributed by atoms with Gasteiger partial charge in [0.05, 0.1) is 91.5 Å². The van der Waals surface area contributed by atoms with Gasteiger partial charge < -0.3 is 63.9 Å². The van der Waals surface area contributed by atoms with Crippen LogP contribution < -0.4 is 21.3 Å². The van der Waals surface area contributed by atoms with E-state index >= 15 is 0 Å². The number of benzene rings is 2. The zero-order valence-electron chi connectivity index (χ0n) is 35.1. The molecule has 2 aromatic carbocycles. The molecule has 4 N–H and O–H groups in total. The van der Waals surface area contributed by atoms with E-state index in [1.54, 1.807) is 97.2 Å². The van der Waals surface area contributed by atoms with Gasteiger partial charge in [-0.25, -0.2) is 14.4 Å². The van der Waals surface area contributed by atoms with Crippen LogP contribution in [0.15, 0.2) is 48.5 Å². The van der Waals surface area contributed by atoms with Crippen molar-refractivity contribution in [3.63, 3.8) is 0 Å². The summed E-state index contributed by atoms with van der Waals surface area (Å²) in [5.74, 6) is -0.976. The van der Waals surface area contributed by atoms with Crippen molar-refractivity contribution in [2.24, 2.45) is 0 Å². The molecule has 0 saturated heterocycles. The molecule has 2 aromatic rings. The predicted octanol–water partition coefficient (Wildman–Crippen LogP) is 4.58. The van der Waals surface area contributed by atoms with E-state index in [0.29, 0.717) is 108 Å². The Labute approximate surface area is 342 Å². The highest BCUT2D eigenvalue weighted by Crippen LogP contribution is 2.17. The van der Waals surface area contributed by atoms with Crippen LogP contribution in [0.4, 0.5) is 21.0 Å². The van der Waals surface area contributed by atoms with Gasteiger partial charge in [0.25, 0.3) is 0 Å². The molecule has 326 valence electrons. The Kier molecular flexibility index (Phi) is 24.1.